The van der Waals surface area contributed by atoms with Crippen molar-refractivity contribution in [3.8, 4) is 28.2 Å². The fraction of sp³-hybridized carbons (Fsp3) is 0.160. The Morgan fingerprint density at radius 3 is 2.01 bits per heavy atom. The molecule has 0 radical (unpaired) electrons. The number of para-hydroxylation sites is 2. The van der Waals surface area contributed by atoms with Gasteiger partial charge in [-0.15, -0.1) is 0 Å². The van der Waals surface area contributed by atoms with Crippen LogP contribution in [0.25, 0.3) is 44.8 Å². The van der Waals surface area contributed by atoms with E-state index < -0.39 is 5.41 Å². The standard InChI is InChI=1S/C75H66N6/c1-50-31-36-55(37-32-50)70(58-22-18-24-61(47-58)81-69-30-16-15-29-68(69)79-73(81)57-20-9-8-10-21-57)77-49-53-35-44-62(67(46-53)75(6)65-27-13-11-25-63(65)64-26-12-14-28-66(64)75)54-38-40-56(41-39-54)72(80-71(76-7)59-23-17-19-51(2)45-59)78-48-52-33-42-60(43-34-52)74(3,4)5/h8-11,13,15-47H,7,12,14,48-49H2,1-6H3/b77-70+,78-72-,80-71-. The van der Waals surface area contributed by atoms with Crippen molar-refractivity contribution in [3.05, 3.63) is 303 Å². The summed E-state index contributed by atoms with van der Waals surface area (Å²) in [6, 6.07) is 78.1. The van der Waals surface area contributed by atoms with Crippen molar-refractivity contribution in [2.75, 3.05) is 0 Å². The van der Waals surface area contributed by atoms with Crippen molar-refractivity contribution in [1.82, 2.24) is 9.55 Å². The van der Waals surface area contributed by atoms with Crippen LogP contribution >= 0.6 is 0 Å². The van der Waals surface area contributed by atoms with Crippen molar-refractivity contribution in [2.24, 2.45) is 20.0 Å². The number of hydrogen-bond donors (Lipinski definition) is 0. The summed E-state index contributed by atoms with van der Waals surface area (Å²) in [4.78, 5) is 25.6. The summed E-state index contributed by atoms with van der Waals surface area (Å²) in [5.74, 6) is 2.03. The number of imidazole rings is 1. The lowest BCUT2D eigenvalue weighted by atomic mass is 9.70. The first kappa shape index (κ1) is 52.3. The van der Waals surface area contributed by atoms with E-state index in [0.717, 1.165) is 91.2 Å². The quantitative estimate of drug-likeness (QED) is 0.0888. The van der Waals surface area contributed by atoms with E-state index in [4.69, 9.17) is 20.0 Å². The summed E-state index contributed by atoms with van der Waals surface area (Å²) in [7, 11) is 0. The van der Waals surface area contributed by atoms with Gasteiger partial charge in [-0.1, -0.05) is 232 Å². The van der Waals surface area contributed by atoms with Crippen molar-refractivity contribution in [3.63, 3.8) is 0 Å². The number of fused-ring (bicyclic) bond motifs is 4. The average molecular weight is 1050 g/mol. The van der Waals surface area contributed by atoms with Crippen molar-refractivity contribution < 1.29 is 0 Å². The molecule has 0 spiro atoms. The van der Waals surface area contributed by atoms with Gasteiger partial charge in [0.05, 0.1) is 29.8 Å². The van der Waals surface area contributed by atoms with Gasteiger partial charge in [0, 0.05) is 38.9 Å². The maximum Gasteiger partial charge on any atom is 0.161 e. The van der Waals surface area contributed by atoms with Crippen LogP contribution in [0, 0.1) is 13.8 Å². The second-order valence-corrected chi connectivity index (χ2v) is 22.7. The van der Waals surface area contributed by atoms with Crippen molar-refractivity contribution >= 4 is 40.7 Å². The van der Waals surface area contributed by atoms with Crippen molar-refractivity contribution in [2.45, 2.75) is 78.3 Å². The van der Waals surface area contributed by atoms with E-state index in [1.54, 1.807) is 0 Å². The van der Waals surface area contributed by atoms with Crippen LogP contribution in [0.3, 0.4) is 0 Å². The molecule has 0 saturated heterocycles. The SMILES string of the molecule is C=N/C(=N\C(=N/Cc1ccc(C(C)(C)C)cc1)c1ccc(-c2ccc(C/N=C(\c3ccc(C)cc3)c3cccc(-n4c(-c5ccccc5)nc5ccccc54)c3)cc2C2(C)C3=CCCC=C3c3ccccc32)cc1)c1cccc(C)c1. The van der Waals surface area contributed by atoms with E-state index in [1.807, 2.05) is 18.2 Å². The molecule has 396 valence electrons. The molecule has 1 atom stereocenters. The maximum absolute atomic E-state index is 5.62. The minimum atomic E-state index is -0.438. The normalized spacial score (nSPS) is 15.5. The number of hydrogen-bond acceptors (Lipinski definition) is 3. The van der Waals surface area contributed by atoms with Gasteiger partial charge in [-0.3, -0.25) is 14.6 Å². The minimum Gasteiger partial charge on any atom is -0.292 e. The average Bonchev–Trinajstić information content (AvgIpc) is 3.31. The fourth-order valence-electron chi connectivity index (χ4n) is 11.8. The highest BCUT2D eigenvalue weighted by Gasteiger charge is 2.44. The fourth-order valence-corrected chi connectivity index (χ4v) is 11.8. The van der Waals surface area contributed by atoms with Gasteiger partial charge in [-0.05, 0) is 132 Å². The topological polar surface area (TPSA) is 67.3 Å². The lowest BCUT2D eigenvalue weighted by Crippen LogP contribution is -2.24. The molecule has 9 aromatic carbocycles. The highest BCUT2D eigenvalue weighted by atomic mass is 15.1. The van der Waals surface area contributed by atoms with Crippen LogP contribution in [0.15, 0.2) is 256 Å². The van der Waals surface area contributed by atoms with E-state index in [9.17, 15) is 0 Å². The third-order valence-corrected chi connectivity index (χ3v) is 16.1. The molecule has 0 fully saturated rings. The van der Waals surface area contributed by atoms with Gasteiger partial charge in [-0.2, -0.15) is 0 Å². The summed E-state index contributed by atoms with van der Waals surface area (Å²) in [5, 5.41) is 0. The lowest BCUT2D eigenvalue weighted by Gasteiger charge is -2.32. The molecule has 81 heavy (non-hydrogen) atoms. The number of rotatable bonds is 12. The van der Waals surface area contributed by atoms with Crippen LogP contribution in [0.4, 0.5) is 0 Å². The molecule has 0 aliphatic heterocycles. The Hall–Kier alpha value is -9.39. The summed E-state index contributed by atoms with van der Waals surface area (Å²) in [6.45, 7) is 18.3. The molecular weight excluding hydrogens is 985 g/mol. The third kappa shape index (κ3) is 10.4. The number of allylic oxidation sites excluding steroid dienone is 4. The van der Waals surface area contributed by atoms with Crippen LogP contribution < -0.4 is 0 Å². The molecule has 2 aliphatic rings. The van der Waals surface area contributed by atoms with Gasteiger partial charge in [0.1, 0.15) is 5.82 Å². The van der Waals surface area contributed by atoms with Crippen LogP contribution in [0.1, 0.15) is 107 Å². The van der Waals surface area contributed by atoms with Crippen LogP contribution in [-0.4, -0.2) is 33.7 Å². The van der Waals surface area contributed by atoms with E-state index in [2.05, 4.69) is 270 Å². The molecule has 6 nitrogen and oxygen atoms in total. The Morgan fingerprint density at radius 1 is 0.543 bits per heavy atom. The smallest absolute Gasteiger partial charge is 0.161 e. The molecule has 2 aliphatic carbocycles. The summed E-state index contributed by atoms with van der Waals surface area (Å²) in [6.07, 6.45) is 6.97. The third-order valence-electron chi connectivity index (χ3n) is 16.1. The molecule has 1 unspecified atom stereocenters. The molecule has 0 amide bonds. The number of aliphatic imine (C=N–C) groups is 4. The Balaban J connectivity index is 0.965. The lowest BCUT2D eigenvalue weighted by molar-refractivity contribution is 0.590. The molecule has 1 heterocycles. The highest BCUT2D eigenvalue weighted by molar-refractivity contribution is 6.14. The molecule has 1 aromatic heterocycles. The zero-order valence-corrected chi connectivity index (χ0v) is 47.2. The number of aryl methyl sites for hydroxylation is 2. The van der Waals surface area contributed by atoms with E-state index in [1.165, 1.54) is 44.5 Å². The zero-order valence-electron chi connectivity index (χ0n) is 47.2. The van der Waals surface area contributed by atoms with Crippen LogP contribution in [-0.2, 0) is 23.9 Å². The summed E-state index contributed by atoms with van der Waals surface area (Å²) in [5.41, 5.74) is 23.2. The van der Waals surface area contributed by atoms with E-state index >= 15 is 0 Å². The predicted molar refractivity (Wildman–Crippen MR) is 340 cm³/mol. The minimum absolute atomic E-state index is 0.0574. The number of benzene rings is 9. The molecule has 0 saturated carbocycles. The van der Waals surface area contributed by atoms with E-state index in [0.29, 0.717) is 24.8 Å². The summed E-state index contributed by atoms with van der Waals surface area (Å²) >= 11 is 0. The van der Waals surface area contributed by atoms with Gasteiger partial charge in [-0.25, -0.2) is 15.0 Å². The second-order valence-electron chi connectivity index (χ2n) is 22.7. The van der Waals surface area contributed by atoms with Crippen molar-refractivity contribution in [1.29, 1.82) is 0 Å². The largest absolute Gasteiger partial charge is 0.292 e. The number of nitrogens with zero attached hydrogens (tertiary/aromatic N) is 6. The van der Waals surface area contributed by atoms with Gasteiger partial charge in [0.15, 0.2) is 11.7 Å². The highest BCUT2D eigenvalue weighted by Crippen LogP contribution is 2.56. The monoisotopic (exact) mass is 1050 g/mol. The molecule has 0 bridgehead atoms. The molecule has 0 N–H and O–H groups in total. The Bertz CT molecular complexity index is 4160. The van der Waals surface area contributed by atoms with Crippen LogP contribution in [0.5, 0.6) is 0 Å². The second kappa shape index (κ2) is 22.0. The Labute approximate surface area is 477 Å². The van der Waals surface area contributed by atoms with Gasteiger partial charge < -0.3 is 0 Å². The first-order valence-corrected chi connectivity index (χ1v) is 28.2. The van der Waals surface area contributed by atoms with Gasteiger partial charge in [0.2, 0.25) is 0 Å². The Morgan fingerprint density at radius 2 is 1.23 bits per heavy atom. The Kier molecular flexibility index (Phi) is 14.2. The number of amidine groups is 2. The van der Waals surface area contributed by atoms with E-state index in [-0.39, 0.29) is 5.41 Å². The zero-order chi connectivity index (χ0) is 55.7. The van der Waals surface area contributed by atoms with Crippen LogP contribution in [0.2, 0.25) is 0 Å². The predicted octanol–water partition coefficient (Wildman–Crippen LogP) is 17.8. The molecule has 12 rings (SSSR count). The first-order valence-electron chi connectivity index (χ1n) is 28.2. The first-order chi connectivity index (χ1) is 39.4. The van der Waals surface area contributed by atoms with Gasteiger partial charge >= 0.3 is 0 Å². The van der Waals surface area contributed by atoms with Gasteiger partial charge in [0.25, 0.3) is 0 Å². The molecule has 6 heteroatoms. The maximum atomic E-state index is 5.62. The number of aromatic nitrogens is 2. The summed E-state index contributed by atoms with van der Waals surface area (Å²) < 4.78 is 2.27. The molecular formula is C75H66N6. The molecule has 10 aromatic rings.